The van der Waals surface area contributed by atoms with Gasteiger partial charge >= 0.3 is 12.1 Å². The first-order chi connectivity index (χ1) is 38.0. The number of Topliss-reactive ketones (excluding diaryl/α,β-unsaturated/α-hetero) is 1. The lowest BCUT2D eigenvalue weighted by Gasteiger charge is -2.50. The van der Waals surface area contributed by atoms with Crippen molar-refractivity contribution < 1.29 is 84.8 Å². The van der Waals surface area contributed by atoms with Crippen molar-refractivity contribution in [3.8, 4) is 0 Å². The number of hydrogen-bond acceptors (Lipinski definition) is 19. The monoisotopic (exact) mass is 1170 g/mol. The number of ketones is 1. The van der Waals surface area contributed by atoms with E-state index >= 15 is 9.59 Å². The minimum absolute atomic E-state index is 0.0465. The average Bonchev–Trinajstić information content (AvgIpc) is 3.78. The highest BCUT2D eigenvalue weighted by Crippen LogP contribution is 2.45. The topological polar surface area (TPSA) is 248 Å². The van der Waals surface area contributed by atoms with Gasteiger partial charge in [0.15, 0.2) is 28.0 Å². The fourth-order valence-corrected chi connectivity index (χ4v) is 13.8. The van der Waals surface area contributed by atoms with E-state index in [1.165, 1.54) is 26.4 Å². The van der Waals surface area contributed by atoms with Gasteiger partial charge in [-0.1, -0.05) is 39.8 Å². The van der Waals surface area contributed by atoms with Crippen LogP contribution < -0.4 is 5.32 Å². The number of methoxy groups -OCH3 is 2. The number of fused-ring (bicyclic) bond motifs is 1. The van der Waals surface area contributed by atoms with Gasteiger partial charge in [-0.05, 0) is 98.4 Å². The molecule has 5 aliphatic heterocycles. The summed E-state index contributed by atoms with van der Waals surface area (Å²) in [6.45, 7) is 20.8. The van der Waals surface area contributed by atoms with E-state index in [9.17, 15) is 32.6 Å². The van der Waals surface area contributed by atoms with Crippen LogP contribution >= 0.6 is 0 Å². The summed E-state index contributed by atoms with van der Waals surface area (Å²) >= 11 is 0. The summed E-state index contributed by atoms with van der Waals surface area (Å²) in [4.78, 5) is 63.7. The Labute approximate surface area is 479 Å². The first kappa shape index (κ1) is 66.7. The number of nitrogens with one attached hydrogen (secondary N) is 1. The van der Waals surface area contributed by atoms with Gasteiger partial charge in [0.05, 0.1) is 71.7 Å². The Kier molecular flexibility index (Phi) is 23.2. The summed E-state index contributed by atoms with van der Waals surface area (Å²) in [5.74, 6) is -4.76. The number of alkyl halides is 1. The van der Waals surface area contributed by atoms with E-state index in [-0.39, 0.29) is 55.9 Å². The summed E-state index contributed by atoms with van der Waals surface area (Å²) in [5.41, 5.74) is -3.30. The van der Waals surface area contributed by atoms with E-state index < -0.39 is 148 Å². The summed E-state index contributed by atoms with van der Waals surface area (Å²) < 4.78 is 95.8. The summed E-state index contributed by atoms with van der Waals surface area (Å²) in [6.07, 6.45) is -7.29. The number of aliphatic hydroxyl groups excluding tert-OH is 2. The van der Waals surface area contributed by atoms with Crippen LogP contribution in [-0.4, -0.2) is 227 Å². The van der Waals surface area contributed by atoms with E-state index in [1.807, 2.05) is 32.6 Å². The second kappa shape index (κ2) is 28.2. The van der Waals surface area contributed by atoms with Crippen molar-refractivity contribution in [2.24, 2.45) is 23.7 Å². The zero-order valence-electron chi connectivity index (χ0n) is 50.3. The quantitative estimate of drug-likeness (QED) is 0.152. The fourth-order valence-electron chi connectivity index (χ4n) is 13.1. The molecule has 1 aromatic rings. The van der Waals surface area contributed by atoms with Gasteiger partial charge in [-0.2, -0.15) is 0 Å². The van der Waals surface area contributed by atoms with Crippen LogP contribution in [0.3, 0.4) is 0 Å². The number of rotatable bonds is 20. The Balaban J connectivity index is 1.31. The smallest absolute Gasteiger partial charge is 0.410 e. The van der Waals surface area contributed by atoms with Crippen LogP contribution in [-0.2, 0) is 73.3 Å². The highest BCUT2D eigenvalue weighted by molar-refractivity contribution is 7.90. The number of aliphatic hydroxyl groups is 2. The highest BCUT2D eigenvalue weighted by atomic mass is 32.2. The van der Waals surface area contributed by atoms with Crippen LogP contribution in [0.4, 0.5) is 9.18 Å². The molecule has 19 atom stereocenters. The fraction of sp³-hybridized carbons (Fsp3) is 0.828. The van der Waals surface area contributed by atoms with E-state index in [2.05, 4.69) is 10.2 Å². The van der Waals surface area contributed by atoms with Crippen LogP contribution in [0.1, 0.15) is 113 Å². The van der Waals surface area contributed by atoms with Gasteiger partial charge in [0.25, 0.3) is 0 Å². The molecule has 81 heavy (non-hydrogen) atoms. The minimum Gasteiger partial charge on any atom is -0.458 e. The number of halogens is 1. The number of nitrogens with zero attached hydrogens (tertiary/aromatic N) is 3. The molecule has 0 radical (unpaired) electrons. The molecular weight excluding hydrogens is 1080 g/mol. The number of morpholine rings is 1. The van der Waals surface area contributed by atoms with Crippen molar-refractivity contribution in [1.82, 2.24) is 20.0 Å². The van der Waals surface area contributed by atoms with Gasteiger partial charge in [0.2, 0.25) is 5.91 Å². The second-order valence-electron chi connectivity index (χ2n) is 24.3. The van der Waals surface area contributed by atoms with Gasteiger partial charge in [-0.3, -0.25) is 19.3 Å². The molecule has 23 heteroatoms. The van der Waals surface area contributed by atoms with Crippen LogP contribution in [0.5, 0.6) is 0 Å². The third kappa shape index (κ3) is 15.7. The van der Waals surface area contributed by atoms with E-state index in [0.717, 1.165) is 19.3 Å². The Morgan fingerprint density at radius 2 is 1.58 bits per heavy atom. The van der Waals surface area contributed by atoms with Gasteiger partial charge in [0, 0.05) is 89.8 Å². The number of amides is 2. The molecule has 0 aliphatic carbocycles. The third-order valence-electron chi connectivity index (χ3n) is 18.1. The van der Waals surface area contributed by atoms with Crippen LogP contribution in [0.15, 0.2) is 29.2 Å². The predicted octanol–water partition coefficient (Wildman–Crippen LogP) is 4.49. The number of carbonyl (C=O) groups is 4. The van der Waals surface area contributed by atoms with Crippen LogP contribution in [0.25, 0.3) is 0 Å². The van der Waals surface area contributed by atoms with Crippen molar-refractivity contribution in [1.29, 1.82) is 0 Å². The van der Waals surface area contributed by atoms with Crippen molar-refractivity contribution in [2.45, 2.75) is 209 Å². The molecule has 0 bridgehead atoms. The molecule has 462 valence electrons. The number of esters is 1. The Morgan fingerprint density at radius 3 is 2.19 bits per heavy atom. The maximum atomic E-state index is 15.2. The van der Waals surface area contributed by atoms with Crippen LogP contribution in [0.2, 0.25) is 0 Å². The number of benzene rings is 1. The lowest BCUT2D eigenvalue weighted by molar-refractivity contribution is -0.319. The van der Waals surface area contributed by atoms with Gasteiger partial charge < -0.3 is 68.0 Å². The lowest BCUT2D eigenvalue weighted by Crippen LogP contribution is -2.62. The molecular formula is C58H95FN4O17S. The van der Waals surface area contributed by atoms with Gasteiger partial charge in [-0.15, -0.1) is 0 Å². The van der Waals surface area contributed by atoms with E-state index in [4.69, 9.17) is 42.6 Å². The molecule has 5 heterocycles. The third-order valence-corrected chi connectivity index (χ3v) is 19.2. The SMILES string of the molecule is CC[C@H]1OC(=O)[C@H](C)[C@@H](O[C@H]2CC(C)(OC)[C@@H](O)[C@H](C)O2)[C@H](C)[C@@H](O[C@@H]2O[C@H](C)C[C@H](N(C)CCC(=O)N[C@H](CF)Cc3ccc(S(C)(=O)=O)cc3)[C@H]2O)C(C)(OC)C[C@@H](C)C(=O)[C@H](C)C2N(CCCN3CCOCC3)C(=O)OC21C. The number of ether oxygens (including phenoxy) is 9. The van der Waals surface area contributed by atoms with Gasteiger partial charge in [-0.25, -0.2) is 17.6 Å². The van der Waals surface area contributed by atoms with E-state index in [0.29, 0.717) is 38.2 Å². The molecule has 0 saturated carbocycles. The van der Waals surface area contributed by atoms with E-state index in [1.54, 1.807) is 65.6 Å². The first-order valence-electron chi connectivity index (χ1n) is 29.0. The molecule has 6 rings (SSSR count). The summed E-state index contributed by atoms with van der Waals surface area (Å²) in [7, 11) is 1.34. The molecule has 1 aromatic carbocycles. The molecule has 4 unspecified atom stereocenters. The molecule has 5 saturated heterocycles. The molecule has 5 aliphatic rings. The molecule has 2 amide bonds. The van der Waals surface area contributed by atoms with Crippen molar-refractivity contribution in [3.63, 3.8) is 0 Å². The van der Waals surface area contributed by atoms with Crippen LogP contribution in [0, 0.1) is 23.7 Å². The lowest BCUT2D eigenvalue weighted by atomic mass is 9.73. The Morgan fingerprint density at radius 1 is 0.926 bits per heavy atom. The maximum absolute atomic E-state index is 15.2. The average molecular weight is 1170 g/mol. The molecule has 5 fully saturated rings. The number of likely N-dealkylation sites (N-methyl/N-ethyl adjacent to an activating group) is 1. The summed E-state index contributed by atoms with van der Waals surface area (Å²) in [5, 5.41) is 26.4. The Hall–Kier alpha value is -3.46. The minimum atomic E-state index is -3.42. The maximum Gasteiger partial charge on any atom is 0.410 e. The molecule has 0 aromatic heterocycles. The standard InChI is InChI=1S/C58H95FN4O17S/c1-15-44-58(10)50(63(55(69)80-58)23-16-22-62-25-27-74-28-26-62)36(4)47(65)34(2)31-57(9,73-13)52(37(5)49(38(6)53(68)77-44)78-46-32-56(8,72-12)51(67)39(7)76-46)79-54-48(66)43(29-35(3)75-54)61(11)24-21-45(64)60-41(33-59)30-40-17-19-42(20-18-40)81(14,70)71/h17-20,34-39,41,43-44,46,48-52,54,66-67H,15-16,21-33H2,1-14H3,(H,60,64)/t34-,35-,36+,37+,38-,39+,41+,43+,44-,46+,48-,49+,50?,51+,52-,54+,56?,57?,58?/m1/s1. The number of hydrogen-bond donors (Lipinski definition) is 3. The second-order valence-corrected chi connectivity index (χ2v) is 26.3. The first-order valence-corrected chi connectivity index (χ1v) is 30.9. The van der Waals surface area contributed by atoms with Gasteiger partial charge in [0.1, 0.15) is 30.8 Å². The summed E-state index contributed by atoms with van der Waals surface area (Å²) in [6, 6.07) is 3.77. The largest absolute Gasteiger partial charge is 0.458 e. The normalized spacial score (nSPS) is 38.2. The highest BCUT2D eigenvalue weighted by Gasteiger charge is 2.61. The van der Waals surface area contributed by atoms with Crippen molar-refractivity contribution in [2.75, 3.05) is 80.1 Å². The van der Waals surface area contributed by atoms with Crippen molar-refractivity contribution >= 4 is 33.6 Å². The molecule has 21 nitrogen and oxygen atoms in total. The zero-order valence-corrected chi connectivity index (χ0v) is 51.1. The predicted molar refractivity (Wildman–Crippen MR) is 296 cm³/mol. The van der Waals surface area contributed by atoms with Crippen molar-refractivity contribution in [3.05, 3.63) is 29.8 Å². The number of carbonyl (C=O) groups excluding carboxylic acids is 4. The molecule has 0 spiro atoms. The Bertz CT molecular complexity index is 2370. The number of cyclic esters (lactones) is 1. The number of sulfone groups is 1. The molecule has 3 N–H and O–H groups in total. The zero-order chi connectivity index (χ0) is 59.9.